The third-order valence-corrected chi connectivity index (χ3v) is 4.15. The van der Waals surface area contributed by atoms with Gasteiger partial charge in [-0.1, -0.05) is 12.1 Å². The van der Waals surface area contributed by atoms with Crippen LogP contribution in [0.25, 0.3) is 0 Å². The van der Waals surface area contributed by atoms with E-state index in [0.717, 1.165) is 4.31 Å². The van der Waals surface area contributed by atoms with Crippen LogP contribution < -0.4 is 4.31 Å². The van der Waals surface area contributed by atoms with Crippen LogP contribution in [-0.4, -0.2) is 46.0 Å². The number of carboxylic acids is 1. The number of sulfonamides is 1. The lowest BCUT2D eigenvalue weighted by Crippen LogP contribution is -2.31. The van der Waals surface area contributed by atoms with E-state index in [4.69, 9.17) is 9.84 Å². The average Bonchev–Trinajstić information content (AvgIpc) is 2.35. The number of para-hydroxylation sites is 1. The second-order valence-electron chi connectivity index (χ2n) is 3.60. The van der Waals surface area contributed by atoms with Crippen molar-refractivity contribution in [3.8, 4) is 0 Å². The summed E-state index contributed by atoms with van der Waals surface area (Å²) in [6.07, 6.45) is 0. The van der Waals surface area contributed by atoms with Gasteiger partial charge in [-0.05, 0) is 12.1 Å². The van der Waals surface area contributed by atoms with Crippen LogP contribution in [0.3, 0.4) is 0 Å². The maximum Gasteiger partial charge on any atom is 0.337 e. The van der Waals surface area contributed by atoms with Gasteiger partial charge in [0.25, 0.3) is 0 Å². The number of hydrogen-bond donors (Lipinski definition) is 1. The zero-order valence-corrected chi connectivity index (χ0v) is 11.0. The zero-order valence-electron chi connectivity index (χ0n) is 10.2. The highest BCUT2D eigenvalue weighted by atomic mass is 32.2. The lowest BCUT2D eigenvalue weighted by molar-refractivity contribution is 0.0698. The summed E-state index contributed by atoms with van der Waals surface area (Å²) >= 11 is 0. The van der Waals surface area contributed by atoms with E-state index in [1.165, 1.54) is 26.3 Å². The van der Waals surface area contributed by atoms with Crippen molar-refractivity contribution in [3.63, 3.8) is 0 Å². The van der Waals surface area contributed by atoms with Crippen molar-refractivity contribution in [1.29, 1.82) is 0 Å². The molecule has 1 aromatic rings. The molecule has 0 aliphatic carbocycles. The maximum absolute atomic E-state index is 11.9. The van der Waals surface area contributed by atoms with Gasteiger partial charge in [0.2, 0.25) is 10.0 Å². The van der Waals surface area contributed by atoms with Crippen LogP contribution in [0.2, 0.25) is 0 Å². The Morgan fingerprint density at radius 2 is 2.00 bits per heavy atom. The van der Waals surface area contributed by atoms with Gasteiger partial charge < -0.3 is 9.84 Å². The second kappa shape index (κ2) is 5.83. The largest absolute Gasteiger partial charge is 0.478 e. The van der Waals surface area contributed by atoms with Crippen LogP contribution in [-0.2, 0) is 14.8 Å². The molecule has 100 valence electrons. The predicted molar refractivity (Wildman–Crippen MR) is 67.5 cm³/mol. The third-order valence-electron chi connectivity index (χ3n) is 2.44. The number of benzene rings is 1. The molecule has 1 aromatic carbocycles. The summed E-state index contributed by atoms with van der Waals surface area (Å²) in [6.45, 7) is 0.0575. The molecule has 0 aromatic heterocycles. The van der Waals surface area contributed by atoms with E-state index >= 15 is 0 Å². The Bertz CT molecular complexity index is 526. The van der Waals surface area contributed by atoms with Gasteiger partial charge in [0, 0.05) is 14.2 Å². The van der Waals surface area contributed by atoms with Gasteiger partial charge in [0.15, 0.2) is 0 Å². The quantitative estimate of drug-likeness (QED) is 0.828. The van der Waals surface area contributed by atoms with Crippen molar-refractivity contribution < 1.29 is 23.1 Å². The number of carbonyl (C=O) groups is 1. The Balaban J connectivity index is 3.11. The number of ether oxygens (including phenoxy) is 1. The fourth-order valence-electron chi connectivity index (χ4n) is 1.40. The van der Waals surface area contributed by atoms with Gasteiger partial charge in [0.05, 0.1) is 23.6 Å². The minimum Gasteiger partial charge on any atom is -0.478 e. The number of methoxy groups -OCH3 is 1. The third kappa shape index (κ3) is 3.21. The Kier molecular flexibility index (Phi) is 4.69. The molecule has 0 unspecified atom stereocenters. The van der Waals surface area contributed by atoms with Crippen molar-refractivity contribution in [2.24, 2.45) is 0 Å². The molecule has 0 amide bonds. The molecule has 0 aliphatic heterocycles. The first-order valence-corrected chi connectivity index (χ1v) is 6.79. The first kappa shape index (κ1) is 14.5. The summed E-state index contributed by atoms with van der Waals surface area (Å²) < 4.78 is 29.5. The molecule has 6 nitrogen and oxygen atoms in total. The van der Waals surface area contributed by atoms with E-state index in [0.29, 0.717) is 0 Å². The molecule has 1 N–H and O–H groups in total. The molecule has 0 atom stereocenters. The predicted octanol–water partition coefficient (Wildman–Crippen LogP) is 0.797. The van der Waals surface area contributed by atoms with E-state index in [9.17, 15) is 13.2 Å². The smallest absolute Gasteiger partial charge is 0.337 e. The molecule has 18 heavy (non-hydrogen) atoms. The van der Waals surface area contributed by atoms with Crippen molar-refractivity contribution >= 4 is 21.7 Å². The van der Waals surface area contributed by atoms with Crippen molar-refractivity contribution in [2.75, 3.05) is 30.8 Å². The lowest BCUT2D eigenvalue weighted by atomic mass is 10.2. The summed E-state index contributed by atoms with van der Waals surface area (Å²) in [5.41, 5.74) is 0.0853. The average molecular weight is 273 g/mol. The number of anilines is 1. The minimum absolute atomic E-state index is 0.0546. The van der Waals surface area contributed by atoms with Crippen LogP contribution >= 0.6 is 0 Å². The molecule has 0 radical (unpaired) electrons. The van der Waals surface area contributed by atoms with Crippen molar-refractivity contribution in [2.45, 2.75) is 0 Å². The molecule has 0 spiro atoms. The molecule has 0 heterocycles. The van der Waals surface area contributed by atoms with Gasteiger partial charge >= 0.3 is 5.97 Å². The molecule has 0 bridgehead atoms. The fraction of sp³-hybridized carbons (Fsp3) is 0.364. The molecule has 0 saturated carbocycles. The lowest BCUT2D eigenvalue weighted by Gasteiger charge is -2.20. The van der Waals surface area contributed by atoms with E-state index < -0.39 is 16.0 Å². The van der Waals surface area contributed by atoms with E-state index in [2.05, 4.69) is 0 Å². The second-order valence-corrected chi connectivity index (χ2v) is 5.72. The number of nitrogens with zero attached hydrogens (tertiary/aromatic N) is 1. The van der Waals surface area contributed by atoms with Gasteiger partial charge in [-0.25, -0.2) is 13.2 Å². The van der Waals surface area contributed by atoms with Crippen molar-refractivity contribution in [1.82, 2.24) is 0 Å². The summed E-state index contributed by atoms with van der Waals surface area (Å²) in [7, 11) is -0.857. The van der Waals surface area contributed by atoms with E-state index in [1.807, 2.05) is 0 Å². The highest BCUT2D eigenvalue weighted by Crippen LogP contribution is 2.21. The highest BCUT2D eigenvalue weighted by Gasteiger charge is 2.22. The standard InChI is InChI=1S/C11H15NO5S/c1-12(18(15,16)8-7-17-2)10-6-4-3-5-9(10)11(13)14/h3-6H,7-8H2,1-2H3,(H,13,14). The van der Waals surface area contributed by atoms with Gasteiger partial charge in [0.1, 0.15) is 0 Å². The number of rotatable bonds is 6. The van der Waals surface area contributed by atoms with Crippen LogP contribution in [0.15, 0.2) is 24.3 Å². The van der Waals surface area contributed by atoms with Crippen molar-refractivity contribution in [3.05, 3.63) is 29.8 Å². The highest BCUT2D eigenvalue weighted by molar-refractivity contribution is 7.92. The monoisotopic (exact) mass is 273 g/mol. The maximum atomic E-state index is 11.9. The Hall–Kier alpha value is -1.60. The molecule has 7 heteroatoms. The number of carboxylic acid groups (broad SMARTS) is 1. The van der Waals surface area contributed by atoms with E-state index in [-0.39, 0.29) is 23.6 Å². The number of hydrogen-bond acceptors (Lipinski definition) is 4. The first-order valence-electron chi connectivity index (χ1n) is 5.18. The molecular formula is C11H15NO5S. The summed E-state index contributed by atoms with van der Waals surface area (Å²) in [5.74, 6) is -1.37. The van der Waals surface area contributed by atoms with Crippen LogP contribution in [0.1, 0.15) is 10.4 Å². The normalized spacial score (nSPS) is 11.2. The summed E-state index contributed by atoms with van der Waals surface area (Å²) in [4.78, 5) is 11.0. The van der Waals surface area contributed by atoms with Gasteiger partial charge in [-0.3, -0.25) is 4.31 Å². The Labute approximate surface area is 106 Å². The molecule has 0 saturated heterocycles. The van der Waals surface area contributed by atoms with Crippen LogP contribution in [0, 0.1) is 0 Å². The van der Waals surface area contributed by atoms with Crippen LogP contribution in [0.5, 0.6) is 0 Å². The zero-order chi connectivity index (χ0) is 13.8. The minimum atomic E-state index is -3.59. The summed E-state index contributed by atoms with van der Waals surface area (Å²) in [6, 6.07) is 5.94. The first-order chi connectivity index (χ1) is 8.40. The number of aromatic carboxylic acids is 1. The molecule has 0 fully saturated rings. The molecular weight excluding hydrogens is 258 g/mol. The van der Waals surface area contributed by atoms with Crippen LogP contribution in [0.4, 0.5) is 5.69 Å². The Morgan fingerprint density at radius 1 is 1.39 bits per heavy atom. The summed E-state index contributed by atoms with van der Waals surface area (Å²) in [5, 5.41) is 9.01. The molecule has 1 rings (SSSR count). The van der Waals surface area contributed by atoms with Gasteiger partial charge in [-0.2, -0.15) is 0 Å². The topological polar surface area (TPSA) is 83.9 Å². The SMILES string of the molecule is COCCS(=O)(=O)N(C)c1ccccc1C(=O)O. The van der Waals surface area contributed by atoms with Gasteiger partial charge in [-0.15, -0.1) is 0 Å². The fourth-order valence-corrected chi connectivity index (χ4v) is 2.51. The van der Waals surface area contributed by atoms with E-state index in [1.54, 1.807) is 12.1 Å². The molecule has 0 aliphatic rings. The Morgan fingerprint density at radius 3 is 2.56 bits per heavy atom.